The van der Waals surface area contributed by atoms with E-state index >= 15 is 0 Å². The van der Waals surface area contributed by atoms with Gasteiger partial charge in [-0.2, -0.15) is 0 Å². The van der Waals surface area contributed by atoms with Gasteiger partial charge in [0.2, 0.25) is 0 Å². The van der Waals surface area contributed by atoms with Crippen molar-refractivity contribution in [2.24, 2.45) is 0 Å². The number of hydrogen-bond donors (Lipinski definition) is 3. The lowest BCUT2D eigenvalue weighted by atomic mass is 9.88. The molecule has 0 aromatic carbocycles. The summed E-state index contributed by atoms with van der Waals surface area (Å²) < 4.78 is 1.74. The van der Waals surface area contributed by atoms with Crippen LogP contribution in [-0.2, 0) is 0 Å². The number of aliphatic hydroxyl groups is 3. The van der Waals surface area contributed by atoms with Gasteiger partial charge in [0, 0.05) is 24.3 Å². The summed E-state index contributed by atoms with van der Waals surface area (Å²) in [5.41, 5.74) is 0.0366. The van der Waals surface area contributed by atoms with Crippen molar-refractivity contribution in [2.75, 3.05) is 19.7 Å². The van der Waals surface area contributed by atoms with Crippen LogP contribution < -0.4 is 0 Å². The third-order valence-corrected chi connectivity index (χ3v) is 4.61. The first-order chi connectivity index (χ1) is 8.54. The van der Waals surface area contributed by atoms with Crippen molar-refractivity contribution in [2.45, 2.75) is 51.0 Å². The van der Waals surface area contributed by atoms with E-state index in [1.165, 1.54) is 0 Å². The summed E-state index contributed by atoms with van der Waals surface area (Å²) in [6.07, 6.45) is -2.16. The van der Waals surface area contributed by atoms with Crippen LogP contribution in [0.1, 0.15) is 27.7 Å². The van der Waals surface area contributed by atoms with Gasteiger partial charge in [-0.05, 0) is 39.5 Å². The highest BCUT2D eigenvalue weighted by Crippen LogP contribution is 2.39. The molecule has 0 saturated carbocycles. The number of halogens is 1. The van der Waals surface area contributed by atoms with Gasteiger partial charge >= 0.3 is 0 Å². The number of piperazine rings is 1. The van der Waals surface area contributed by atoms with Crippen molar-refractivity contribution in [3.63, 3.8) is 0 Å². The molecular formula is C13H25ClN2O3. The molecule has 2 unspecified atom stereocenters. The van der Waals surface area contributed by atoms with E-state index in [0.29, 0.717) is 6.54 Å². The van der Waals surface area contributed by atoms with Crippen molar-refractivity contribution in [1.82, 2.24) is 9.32 Å². The summed E-state index contributed by atoms with van der Waals surface area (Å²) in [5, 5.41) is 28.2. The van der Waals surface area contributed by atoms with Crippen molar-refractivity contribution >= 4 is 11.8 Å². The molecule has 19 heavy (non-hydrogen) atoms. The molecule has 1 heterocycles. The van der Waals surface area contributed by atoms with Crippen LogP contribution in [0.3, 0.4) is 0 Å². The zero-order chi connectivity index (χ0) is 15.0. The molecule has 1 aliphatic heterocycles. The normalized spacial score (nSPS) is 26.3. The second-order valence-electron chi connectivity index (χ2n) is 6.30. The maximum absolute atomic E-state index is 9.85. The molecule has 112 valence electrons. The van der Waals surface area contributed by atoms with E-state index in [4.69, 9.17) is 16.9 Å². The number of β-amino-alcohol motifs (C(OH)–C–C–N with tert-alkyl or cyclic N) is 1. The topological polar surface area (TPSA) is 67.2 Å². The van der Waals surface area contributed by atoms with E-state index in [2.05, 4.69) is 6.58 Å². The Kier molecular flexibility index (Phi) is 4.91. The minimum absolute atomic E-state index is 0.220. The Balaban J connectivity index is 2.88. The smallest absolute Gasteiger partial charge is 0.105 e. The van der Waals surface area contributed by atoms with Gasteiger partial charge in [-0.1, -0.05) is 6.58 Å². The van der Waals surface area contributed by atoms with Gasteiger partial charge in [-0.3, -0.25) is 0 Å². The van der Waals surface area contributed by atoms with Gasteiger partial charge in [-0.15, -0.1) is 0 Å². The van der Waals surface area contributed by atoms with Gasteiger partial charge in [-0.25, -0.2) is 4.42 Å². The maximum Gasteiger partial charge on any atom is 0.105 e. The van der Waals surface area contributed by atoms with Crippen LogP contribution in [0.4, 0.5) is 0 Å². The molecule has 0 aromatic rings. The third-order valence-electron chi connectivity index (χ3n) is 3.73. The zero-order valence-corrected chi connectivity index (χ0v) is 12.9. The van der Waals surface area contributed by atoms with Crippen molar-refractivity contribution < 1.29 is 15.3 Å². The molecule has 3 N–H and O–H groups in total. The number of aliphatic hydroxyl groups excluding tert-OH is 3. The Morgan fingerprint density at radius 2 is 1.79 bits per heavy atom. The Morgan fingerprint density at radius 1 is 1.26 bits per heavy atom. The Morgan fingerprint density at radius 3 is 2.26 bits per heavy atom. The minimum Gasteiger partial charge on any atom is -0.394 e. The number of rotatable bonds is 4. The zero-order valence-electron chi connectivity index (χ0n) is 12.1. The first kappa shape index (κ1) is 16.7. The van der Waals surface area contributed by atoms with Gasteiger partial charge in [0.15, 0.2) is 0 Å². The molecule has 0 spiro atoms. The van der Waals surface area contributed by atoms with Gasteiger partial charge in [0.1, 0.15) is 6.10 Å². The first-order valence-corrected chi connectivity index (χ1v) is 6.75. The molecule has 0 radical (unpaired) electrons. The van der Waals surface area contributed by atoms with Crippen LogP contribution in [0.25, 0.3) is 0 Å². The largest absolute Gasteiger partial charge is 0.394 e. The summed E-state index contributed by atoms with van der Waals surface area (Å²) >= 11 is 6.38. The van der Waals surface area contributed by atoms with E-state index in [1.54, 1.807) is 4.42 Å². The fraction of sp³-hybridized carbons (Fsp3) is 0.846. The fourth-order valence-electron chi connectivity index (χ4n) is 2.53. The molecule has 0 aliphatic carbocycles. The summed E-state index contributed by atoms with van der Waals surface area (Å²) in [7, 11) is 0. The molecule has 1 rings (SSSR count). The van der Waals surface area contributed by atoms with Crippen molar-refractivity contribution in [3.05, 3.63) is 12.3 Å². The molecule has 0 amide bonds. The van der Waals surface area contributed by atoms with Gasteiger partial charge in [0.05, 0.1) is 18.2 Å². The standard InChI is InChI=1S/C13H25ClN2O3/c1-9-13(4,5)16(14)12(2,3)8-15(9)6-10(18)11(19)7-17/h10-11,17-19H,1,6-8H2,2-5H3. The quantitative estimate of drug-likeness (QED) is 0.660. The lowest BCUT2D eigenvalue weighted by Gasteiger charge is -2.55. The summed E-state index contributed by atoms with van der Waals surface area (Å²) in [5.74, 6) is 0. The van der Waals surface area contributed by atoms with Crippen LogP contribution >= 0.6 is 11.8 Å². The van der Waals surface area contributed by atoms with E-state index in [9.17, 15) is 10.2 Å². The SMILES string of the molecule is C=C1N(CC(O)C(O)CO)CC(C)(C)N(Cl)C1(C)C. The lowest BCUT2D eigenvalue weighted by molar-refractivity contribution is -0.0438. The van der Waals surface area contributed by atoms with Crippen molar-refractivity contribution in [1.29, 1.82) is 0 Å². The van der Waals surface area contributed by atoms with Crippen LogP contribution in [0, 0.1) is 0 Å². The van der Waals surface area contributed by atoms with E-state index in [1.807, 2.05) is 32.6 Å². The van der Waals surface area contributed by atoms with Crippen LogP contribution in [0.15, 0.2) is 12.3 Å². The molecule has 0 bridgehead atoms. The average molecular weight is 293 g/mol. The molecule has 1 saturated heterocycles. The molecular weight excluding hydrogens is 268 g/mol. The van der Waals surface area contributed by atoms with Crippen LogP contribution in [0.2, 0.25) is 0 Å². The van der Waals surface area contributed by atoms with E-state index in [0.717, 1.165) is 5.70 Å². The third kappa shape index (κ3) is 3.23. The highest BCUT2D eigenvalue weighted by molar-refractivity contribution is 6.14. The molecule has 6 heteroatoms. The second-order valence-corrected chi connectivity index (χ2v) is 6.63. The lowest BCUT2D eigenvalue weighted by Crippen LogP contribution is -2.64. The molecule has 1 aliphatic rings. The van der Waals surface area contributed by atoms with Gasteiger partial charge < -0.3 is 20.2 Å². The summed E-state index contributed by atoms with van der Waals surface area (Å²) in [4.78, 5) is 1.92. The monoisotopic (exact) mass is 292 g/mol. The number of nitrogens with zero attached hydrogens (tertiary/aromatic N) is 2. The van der Waals surface area contributed by atoms with Crippen LogP contribution in [0.5, 0.6) is 0 Å². The predicted molar refractivity (Wildman–Crippen MR) is 75.7 cm³/mol. The number of hydrogen-bond acceptors (Lipinski definition) is 5. The first-order valence-electron chi connectivity index (χ1n) is 6.41. The predicted octanol–water partition coefficient (Wildman–Crippen LogP) is 0.543. The molecule has 5 nitrogen and oxygen atoms in total. The van der Waals surface area contributed by atoms with E-state index < -0.39 is 24.4 Å². The van der Waals surface area contributed by atoms with Crippen molar-refractivity contribution in [3.8, 4) is 0 Å². The molecule has 0 aromatic heterocycles. The minimum atomic E-state index is -1.15. The Bertz CT molecular complexity index is 347. The average Bonchev–Trinajstić information content (AvgIpc) is 2.33. The summed E-state index contributed by atoms with van der Waals surface area (Å²) in [6.45, 7) is 12.3. The Labute approximate surface area is 120 Å². The molecule has 2 atom stereocenters. The fourth-order valence-corrected chi connectivity index (χ4v) is 2.68. The molecule has 1 fully saturated rings. The highest BCUT2D eigenvalue weighted by atomic mass is 35.5. The second kappa shape index (κ2) is 5.58. The van der Waals surface area contributed by atoms with E-state index in [-0.39, 0.29) is 12.1 Å². The Hall–Kier alpha value is -0.330. The van der Waals surface area contributed by atoms with Gasteiger partial charge in [0.25, 0.3) is 0 Å². The van der Waals surface area contributed by atoms with Crippen LogP contribution in [-0.4, -0.2) is 67.6 Å². The highest BCUT2D eigenvalue weighted by Gasteiger charge is 2.46. The maximum atomic E-state index is 9.85. The summed E-state index contributed by atoms with van der Waals surface area (Å²) in [6, 6.07) is 0.